The maximum atomic E-state index is 14.0. The number of carbonyl (C=O) groups excluding carboxylic acids is 3. The zero-order chi connectivity index (χ0) is 24.6. The predicted octanol–water partition coefficient (Wildman–Crippen LogP) is 2.02. The van der Waals surface area contributed by atoms with E-state index in [4.69, 9.17) is 10.5 Å². The third-order valence-electron chi connectivity index (χ3n) is 7.37. The van der Waals surface area contributed by atoms with Crippen LogP contribution in [-0.4, -0.2) is 85.4 Å². The van der Waals surface area contributed by atoms with Gasteiger partial charge in [-0.1, -0.05) is 27.7 Å². The summed E-state index contributed by atoms with van der Waals surface area (Å²) in [5, 5.41) is 0. The van der Waals surface area contributed by atoms with Gasteiger partial charge >= 0.3 is 0 Å². The number of fused-ring (bicyclic) bond motifs is 1. The van der Waals surface area contributed by atoms with Gasteiger partial charge in [0, 0.05) is 44.0 Å². The van der Waals surface area contributed by atoms with E-state index in [1.54, 1.807) is 11.0 Å². The Hall–Kier alpha value is -2.45. The fourth-order valence-corrected chi connectivity index (χ4v) is 5.57. The number of Topliss-reactive ketones (excluding diaryl/α,β-unsaturated/α-hetero) is 1. The summed E-state index contributed by atoms with van der Waals surface area (Å²) in [4.78, 5) is 45.3. The Morgan fingerprint density at radius 3 is 2.47 bits per heavy atom. The van der Waals surface area contributed by atoms with Crippen molar-refractivity contribution in [3.63, 3.8) is 0 Å². The third kappa shape index (κ3) is 4.98. The summed E-state index contributed by atoms with van der Waals surface area (Å²) in [7, 11) is 0. The summed E-state index contributed by atoms with van der Waals surface area (Å²) >= 11 is 0. The van der Waals surface area contributed by atoms with Crippen LogP contribution in [0.25, 0.3) is 0 Å². The number of likely N-dealkylation sites (tertiary alicyclic amines) is 1. The molecular formula is C26H38N4O4. The molecule has 0 aliphatic carbocycles. The number of ether oxygens (including phenoxy) is 1. The van der Waals surface area contributed by atoms with Gasteiger partial charge in [-0.3, -0.25) is 14.4 Å². The first-order chi connectivity index (χ1) is 16.1. The molecule has 0 radical (unpaired) electrons. The van der Waals surface area contributed by atoms with E-state index in [0.29, 0.717) is 30.5 Å². The van der Waals surface area contributed by atoms with Gasteiger partial charge in [-0.05, 0) is 48.6 Å². The van der Waals surface area contributed by atoms with E-state index in [9.17, 15) is 14.4 Å². The number of rotatable bonds is 6. The van der Waals surface area contributed by atoms with Gasteiger partial charge in [0.2, 0.25) is 11.8 Å². The first-order valence-electron chi connectivity index (χ1n) is 12.4. The Kier molecular flexibility index (Phi) is 7.01. The highest BCUT2D eigenvalue weighted by atomic mass is 16.5. The second-order valence-electron chi connectivity index (χ2n) is 11.0. The van der Waals surface area contributed by atoms with Crippen LogP contribution in [0.3, 0.4) is 0 Å². The van der Waals surface area contributed by atoms with Gasteiger partial charge in [0.1, 0.15) is 12.6 Å². The lowest BCUT2D eigenvalue weighted by Gasteiger charge is -2.36. The molecule has 3 heterocycles. The Bertz CT molecular complexity index is 949. The number of amides is 2. The molecule has 34 heavy (non-hydrogen) atoms. The molecule has 3 saturated heterocycles. The highest BCUT2D eigenvalue weighted by Crippen LogP contribution is 2.39. The molecule has 0 saturated carbocycles. The van der Waals surface area contributed by atoms with E-state index in [1.165, 1.54) is 0 Å². The van der Waals surface area contributed by atoms with Crippen LogP contribution in [0.4, 0.5) is 5.69 Å². The molecule has 2 amide bonds. The first-order valence-corrected chi connectivity index (χ1v) is 12.4. The van der Waals surface area contributed by atoms with Crippen molar-refractivity contribution in [3.05, 3.63) is 29.3 Å². The van der Waals surface area contributed by atoms with E-state index in [1.807, 2.05) is 12.1 Å². The minimum absolute atomic E-state index is 0.0389. The Balaban J connectivity index is 1.70. The van der Waals surface area contributed by atoms with Gasteiger partial charge in [0.15, 0.2) is 5.78 Å². The molecule has 186 valence electrons. The van der Waals surface area contributed by atoms with Crippen molar-refractivity contribution in [2.45, 2.75) is 58.6 Å². The number of hydrogen-bond donors (Lipinski definition) is 1. The molecule has 3 aliphatic heterocycles. The molecule has 8 heteroatoms. The van der Waals surface area contributed by atoms with Crippen molar-refractivity contribution in [1.29, 1.82) is 0 Å². The fourth-order valence-electron chi connectivity index (χ4n) is 5.57. The quantitative estimate of drug-likeness (QED) is 0.683. The van der Waals surface area contributed by atoms with Gasteiger partial charge in [-0.15, -0.1) is 0 Å². The molecule has 2 N–H and O–H groups in total. The standard InChI is InChI=1S/C26H38N4O4/c1-5-28-10-12-29(13-11-28)17-6-7-18(24(27)32)19(14-17)20(15-26(2,3)4)25(33)30-9-8-22-23(30)21(31)16-34-22/h6-7,14,20,22-23H,5,8-13,15-16H2,1-4H3,(H2,27,32)/t20-,22+,23+/m0/s1. The van der Waals surface area contributed by atoms with Gasteiger partial charge in [0.05, 0.1) is 12.0 Å². The zero-order valence-electron chi connectivity index (χ0n) is 20.9. The molecule has 0 aromatic heterocycles. The number of anilines is 1. The van der Waals surface area contributed by atoms with E-state index >= 15 is 0 Å². The maximum absolute atomic E-state index is 14.0. The van der Waals surface area contributed by atoms with E-state index in [2.05, 4.69) is 37.5 Å². The van der Waals surface area contributed by atoms with Crippen LogP contribution in [0.1, 0.15) is 62.4 Å². The average Bonchev–Trinajstić information content (AvgIpc) is 3.39. The van der Waals surface area contributed by atoms with Gasteiger partial charge < -0.3 is 25.2 Å². The molecule has 3 atom stereocenters. The van der Waals surface area contributed by atoms with Gasteiger partial charge in [-0.2, -0.15) is 0 Å². The molecule has 3 aliphatic rings. The lowest BCUT2D eigenvalue weighted by Crippen LogP contribution is -2.46. The molecule has 4 rings (SSSR count). The lowest BCUT2D eigenvalue weighted by atomic mass is 9.79. The van der Waals surface area contributed by atoms with Crippen molar-refractivity contribution in [3.8, 4) is 0 Å². The fraction of sp³-hybridized carbons (Fsp3) is 0.654. The molecule has 1 aromatic carbocycles. The number of nitrogens with two attached hydrogens (primary N) is 1. The molecule has 3 fully saturated rings. The number of nitrogens with zero attached hydrogens (tertiary/aromatic N) is 3. The second kappa shape index (κ2) is 9.66. The molecule has 0 bridgehead atoms. The number of carbonyl (C=O) groups is 3. The van der Waals surface area contributed by atoms with Crippen LogP contribution in [0, 0.1) is 5.41 Å². The number of primary amides is 1. The Morgan fingerprint density at radius 1 is 1.15 bits per heavy atom. The van der Waals surface area contributed by atoms with Crippen LogP contribution < -0.4 is 10.6 Å². The number of piperazine rings is 1. The SMILES string of the molecule is CCN1CCN(c2ccc(C(N)=O)c([C@H](CC(C)(C)C)C(=O)N3CC[C@H]4OCC(=O)[C@H]43)c2)CC1. The minimum Gasteiger partial charge on any atom is -0.369 e. The number of benzene rings is 1. The topological polar surface area (TPSA) is 96.2 Å². The zero-order valence-corrected chi connectivity index (χ0v) is 20.9. The highest BCUT2D eigenvalue weighted by molar-refractivity contribution is 5.99. The smallest absolute Gasteiger partial charge is 0.249 e. The summed E-state index contributed by atoms with van der Waals surface area (Å²) in [6.45, 7) is 13.7. The maximum Gasteiger partial charge on any atom is 0.249 e. The van der Waals surface area contributed by atoms with Crippen LogP contribution in [0.15, 0.2) is 18.2 Å². The van der Waals surface area contributed by atoms with E-state index < -0.39 is 17.9 Å². The number of ketones is 1. The molecule has 0 spiro atoms. The number of likely N-dealkylation sites (N-methyl/N-ethyl adjacent to an activating group) is 1. The first kappa shape index (κ1) is 24.7. The Labute approximate surface area is 202 Å². The van der Waals surface area contributed by atoms with E-state index in [0.717, 1.165) is 38.4 Å². The largest absolute Gasteiger partial charge is 0.369 e. The summed E-state index contributed by atoms with van der Waals surface area (Å²) in [5.41, 5.74) is 7.65. The van der Waals surface area contributed by atoms with Crippen LogP contribution in [0.2, 0.25) is 0 Å². The van der Waals surface area contributed by atoms with Gasteiger partial charge in [0.25, 0.3) is 0 Å². The molecule has 0 unspecified atom stereocenters. The highest BCUT2D eigenvalue weighted by Gasteiger charge is 2.48. The molecule has 8 nitrogen and oxygen atoms in total. The van der Waals surface area contributed by atoms with Crippen molar-refractivity contribution < 1.29 is 19.1 Å². The van der Waals surface area contributed by atoms with Crippen LogP contribution in [0.5, 0.6) is 0 Å². The van der Waals surface area contributed by atoms with Crippen molar-refractivity contribution >= 4 is 23.3 Å². The normalized spacial score (nSPS) is 24.4. The van der Waals surface area contributed by atoms with Crippen molar-refractivity contribution in [1.82, 2.24) is 9.80 Å². The van der Waals surface area contributed by atoms with Crippen molar-refractivity contribution in [2.75, 3.05) is 50.8 Å². The average molecular weight is 471 g/mol. The van der Waals surface area contributed by atoms with E-state index in [-0.39, 0.29) is 29.8 Å². The Morgan fingerprint density at radius 2 is 1.85 bits per heavy atom. The molecule has 1 aromatic rings. The second-order valence-corrected chi connectivity index (χ2v) is 11.0. The minimum atomic E-state index is -0.563. The lowest BCUT2D eigenvalue weighted by molar-refractivity contribution is -0.138. The van der Waals surface area contributed by atoms with Crippen molar-refractivity contribution in [2.24, 2.45) is 11.1 Å². The van der Waals surface area contributed by atoms with Crippen LogP contribution >= 0.6 is 0 Å². The summed E-state index contributed by atoms with van der Waals surface area (Å²) in [6, 6.07) is 5.16. The summed E-state index contributed by atoms with van der Waals surface area (Å²) < 4.78 is 5.61. The van der Waals surface area contributed by atoms with Crippen LogP contribution in [-0.2, 0) is 14.3 Å². The summed E-state index contributed by atoms with van der Waals surface area (Å²) in [6.07, 6.45) is 0.986. The third-order valence-corrected chi connectivity index (χ3v) is 7.37. The van der Waals surface area contributed by atoms with Gasteiger partial charge in [-0.25, -0.2) is 0 Å². The summed E-state index contributed by atoms with van der Waals surface area (Å²) in [5.74, 6) is -1.25. The molecular weight excluding hydrogens is 432 g/mol. The predicted molar refractivity (Wildman–Crippen MR) is 131 cm³/mol. The number of hydrogen-bond acceptors (Lipinski definition) is 6. The monoisotopic (exact) mass is 470 g/mol.